The predicted octanol–water partition coefficient (Wildman–Crippen LogP) is 3.01. The quantitative estimate of drug-likeness (QED) is 0.746. The van der Waals surface area contributed by atoms with Crippen molar-refractivity contribution in [2.75, 3.05) is 20.3 Å². The molecule has 19 heavy (non-hydrogen) atoms. The molecule has 1 rings (SSSR count). The van der Waals surface area contributed by atoms with Gasteiger partial charge in [-0.1, -0.05) is 17.7 Å². The minimum atomic E-state index is -0.405. The Kier molecular flexibility index (Phi) is 7.31. The molecule has 1 atom stereocenters. The molecule has 0 amide bonds. The number of benzene rings is 1. The van der Waals surface area contributed by atoms with E-state index in [1.165, 1.54) is 6.07 Å². The Morgan fingerprint density at radius 1 is 1.26 bits per heavy atom. The van der Waals surface area contributed by atoms with Gasteiger partial charge < -0.3 is 14.8 Å². The highest BCUT2D eigenvalue weighted by molar-refractivity contribution is 6.30. The Bertz CT molecular complexity index is 384. The maximum atomic E-state index is 13.1. The van der Waals surface area contributed by atoms with Gasteiger partial charge in [-0.05, 0) is 45.0 Å². The molecule has 0 radical (unpaired) electrons. The zero-order valence-electron chi connectivity index (χ0n) is 11.6. The molecular weight excluding hydrogens is 269 g/mol. The van der Waals surface area contributed by atoms with Crippen molar-refractivity contribution in [1.82, 2.24) is 5.32 Å². The van der Waals surface area contributed by atoms with Gasteiger partial charge in [0.15, 0.2) is 6.29 Å². The Hall–Kier alpha value is -0.680. The summed E-state index contributed by atoms with van der Waals surface area (Å²) in [5, 5.41) is 3.30. The maximum Gasteiger partial charge on any atom is 0.172 e. The number of rotatable bonds is 8. The minimum absolute atomic E-state index is 0.0126. The van der Waals surface area contributed by atoms with E-state index < -0.39 is 5.82 Å². The number of hydrogen-bond acceptors (Lipinski definition) is 3. The third-order valence-corrected chi connectivity index (χ3v) is 3.09. The van der Waals surface area contributed by atoms with E-state index in [1.807, 2.05) is 20.9 Å². The van der Waals surface area contributed by atoms with Crippen molar-refractivity contribution in [3.63, 3.8) is 0 Å². The first-order valence-corrected chi connectivity index (χ1v) is 6.84. The fourth-order valence-electron chi connectivity index (χ4n) is 1.86. The lowest BCUT2D eigenvalue weighted by Crippen LogP contribution is -2.42. The van der Waals surface area contributed by atoms with Gasteiger partial charge in [-0.15, -0.1) is 0 Å². The van der Waals surface area contributed by atoms with E-state index in [0.717, 1.165) is 5.56 Å². The summed E-state index contributed by atoms with van der Waals surface area (Å²) in [6.07, 6.45) is 0.324. The number of likely N-dealkylation sites (N-methyl/N-ethyl adjacent to an activating group) is 1. The number of nitrogens with one attached hydrogen (secondary N) is 1. The zero-order chi connectivity index (χ0) is 14.3. The first kappa shape index (κ1) is 16.4. The lowest BCUT2D eigenvalue weighted by atomic mass is 10.1. The van der Waals surface area contributed by atoms with Gasteiger partial charge in [0.1, 0.15) is 5.82 Å². The van der Waals surface area contributed by atoms with Crippen molar-refractivity contribution in [2.24, 2.45) is 0 Å². The molecule has 0 aromatic heterocycles. The summed E-state index contributed by atoms with van der Waals surface area (Å²) in [7, 11) is 1.85. The fourth-order valence-corrected chi connectivity index (χ4v) is 2.07. The van der Waals surface area contributed by atoms with Gasteiger partial charge in [-0.25, -0.2) is 4.39 Å². The molecule has 1 aromatic rings. The monoisotopic (exact) mass is 289 g/mol. The average Bonchev–Trinajstić information content (AvgIpc) is 2.40. The van der Waals surface area contributed by atoms with Crippen LogP contribution in [-0.2, 0) is 15.9 Å². The predicted molar refractivity (Wildman–Crippen MR) is 75.0 cm³/mol. The lowest BCUT2D eigenvalue weighted by molar-refractivity contribution is -0.152. The largest absolute Gasteiger partial charge is 0.351 e. The van der Waals surface area contributed by atoms with E-state index in [-0.39, 0.29) is 17.4 Å². The summed E-state index contributed by atoms with van der Waals surface area (Å²) in [6.45, 7) is 5.00. The first-order chi connectivity index (χ1) is 9.12. The van der Waals surface area contributed by atoms with E-state index in [1.54, 1.807) is 12.1 Å². The van der Waals surface area contributed by atoms with Crippen LogP contribution in [-0.4, -0.2) is 32.6 Å². The minimum Gasteiger partial charge on any atom is -0.351 e. The topological polar surface area (TPSA) is 30.5 Å². The molecule has 3 nitrogen and oxygen atoms in total. The number of ether oxygens (including phenoxy) is 2. The highest BCUT2D eigenvalue weighted by Crippen LogP contribution is 2.18. The van der Waals surface area contributed by atoms with E-state index in [2.05, 4.69) is 5.32 Å². The number of halogens is 2. The van der Waals surface area contributed by atoms with Crippen molar-refractivity contribution < 1.29 is 13.9 Å². The Labute approximate surface area is 119 Å². The van der Waals surface area contributed by atoms with Crippen molar-refractivity contribution in [1.29, 1.82) is 0 Å². The molecule has 108 valence electrons. The van der Waals surface area contributed by atoms with Crippen molar-refractivity contribution in [3.05, 3.63) is 34.6 Å². The van der Waals surface area contributed by atoms with Gasteiger partial charge >= 0.3 is 0 Å². The third-order valence-electron chi connectivity index (χ3n) is 2.80. The van der Waals surface area contributed by atoms with Crippen LogP contribution in [0.2, 0.25) is 5.02 Å². The Morgan fingerprint density at radius 2 is 1.89 bits per heavy atom. The molecule has 1 aromatic carbocycles. The zero-order valence-corrected chi connectivity index (χ0v) is 12.3. The highest BCUT2D eigenvalue weighted by Gasteiger charge is 2.21. The SMILES string of the molecule is CCOC(OCC)C(Cc1ccc(F)c(Cl)c1)NC. The van der Waals surface area contributed by atoms with Crippen LogP contribution < -0.4 is 5.32 Å². The van der Waals surface area contributed by atoms with Crippen LogP contribution in [0, 0.1) is 5.82 Å². The van der Waals surface area contributed by atoms with Gasteiger partial charge in [-0.2, -0.15) is 0 Å². The van der Waals surface area contributed by atoms with Crippen LogP contribution in [0.25, 0.3) is 0 Å². The van der Waals surface area contributed by atoms with Crippen LogP contribution in [0.1, 0.15) is 19.4 Å². The molecule has 5 heteroatoms. The summed E-state index contributed by atoms with van der Waals surface area (Å²) in [5.41, 5.74) is 0.940. The molecule has 0 heterocycles. The molecule has 0 saturated carbocycles. The van der Waals surface area contributed by atoms with Crippen molar-refractivity contribution in [2.45, 2.75) is 32.6 Å². The van der Waals surface area contributed by atoms with Crippen LogP contribution in [0.3, 0.4) is 0 Å². The van der Waals surface area contributed by atoms with Crippen LogP contribution >= 0.6 is 11.6 Å². The molecule has 0 fully saturated rings. The van der Waals surface area contributed by atoms with Crippen LogP contribution in [0.5, 0.6) is 0 Å². The smallest absolute Gasteiger partial charge is 0.172 e. The third kappa shape index (κ3) is 5.07. The van der Waals surface area contributed by atoms with Crippen LogP contribution in [0.4, 0.5) is 4.39 Å². The molecule has 0 aliphatic carbocycles. The van der Waals surface area contributed by atoms with E-state index in [9.17, 15) is 4.39 Å². The van der Waals surface area contributed by atoms with Crippen molar-refractivity contribution >= 4 is 11.6 Å². The summed E-state index contributed by atoms with van der Waals surface area (Å²) in [6, 6.07) is 4.72. The summed E-state index contributed by atoms with van der Waals surface area (Å²) >= 11 is 5.78. The molecule has 0 bridgehead atoms. The molecule has 1 unspecified atom stereocenters. The molecule has 0 saturated heterocycles. The second kappa shape index (κ2) is 8.48. The lowest BCUT2D eigenvalue weighted by Gasteiger charge is -2.26. The second-order valence-corrected chi connectivity index (χ2v) is 4.53. The molecule has 0 aliphatic rings. The average molecular weight is 290 g/mol. The molecular formula is C14H21ClFNO2. The standard InChI is InChI=1S/C14H21ClFNO2/c1-4-18-14(19-5-2)13(17-3)9-10-6-7-12(16)11(15)8-10/h6-8,13-14,17H,4-5,9H2,1-3H3. The number of hydrogen-bond donors (Lipinski definition) is 1. The van der Waals surface area contributed by atoms with Gasteiger partial charge in [0, 0.05) is 13.2 Å². The normalized spacial score (nSPS) is 12.9. The Morgan fingerprint density at radius 3 is 2.37 bits per heavy atom. The van der Waals surface area contributed by atoms with Crippen molar-refractivity contribution in [3.8, 4) is 0 Å². The maximum absolute atomic E-state index is 13.1. The Balaban J connectivity index is 2.75. The molecule has 0 aliphatic heterocycles. The van der Waals surface area contributed by atoms with E-state index in [0.29, 0.717) is 19.6 Å². The summed E-state index contributed by atoms with van der Waals surface area (Å²) < 4.78 is 24.3. The summed E-state index contributed by atoms with van der Waals surface area (Å²) in [5.74, 6) is -0.405. The fraction of sp³-hybridized carbons (Fsp3) is 0.571. The van der Waals surface area contributed by atoms with Gasteiger partial charge in [0.25, 0.3) is 0 Å². The highest BCUT2D eigenvalue weighted by atomic mass is 35.5. The van der Waals surface area contributed by atoms with Gasteiger partial charge in [-0.3, -0.25) is 0 Å². The first-order valence-electron chi connectivity index (χ1n) is 6.46. The van der Waals surface area contributed by atoms with Gasteiger partial charge in [0.05, 0.1) is 11.1 Å². The van der Waals surface area contributed by atoms with E-state index >= 15 is 0 Å². The second-order valence-electron chi connectivity index (χ2n) is 4.13. The van der Waals surface area contributed by atoms with E-state index in [4.69, 9.17) is 21.1 Å². The molecule has 0 spiro atoms. The van der Waals surface area contributed by atoms with Gasteiger partial charge in [0.2, 0.25) is 0 Å². The summed E-state index contributed by atoms with van der Waals surface area (Å²) in [4.78, 5) is 0. The molecule has 1 N–H and O–H groups in total. The van der Waals surface area contributed by atoms with Crippen LogP contribution in [0.15, 0.2) is 18.2 Å².